The number of aromatic nitrogens is 4. The Morgan fingerprint density at radius 2 is 1.83 bits per heavy atom. The van der Waals surface area contributed by atoms with Gasteiger partial charge in [0.15, 0.2) is 11.6 Å². The summed E-state index contributed by atoms with van der Waals surface area (Å²) in [5, 5.41) is 5.36. The maximum absolute atomic E-state index is 12.8. The maximum atomic E-state index is 12.8. The van der Waals surface area contributed by atoms with Crippen molar-refractivity contribution in [3.8, 4) is 11.6 Å². The number of halogens is 1. The second-order valence-electron chi connectivity index (χ2n) is 4.90. The number of hydrogen-bond donors (Lipinski definition) is 2. The van der Waals surface area contributed by atoms with Crippen LogP contribution in [0.3, 0.4) is 0 Å². The molecule has 3 aromatic rings. The van der Waals surface area contributed by atoms with E-state index in [1.807, 2.05) is 4.57 Å². The minimum atomic E-state index is -0.362. The van der Waals surface area contributed by atoms with E-state index < -0.39 is 0 Å². The molecule has 0 spiro atoms. The van der Waals surface area contributed by atoms with Crippen LogP contribution in [-0.2, 0) is 6.54 Å². The van der Waals surface area contributed by atoms with Gasteiger partial charge in [0, 0.05) is 43.6 Å². The zero-order valence-electron chi connectivity index (χ0n) is 12.7. The van der Waals surface area contributed by atoms with Gasteiger partial charge in [-0.3, -0.25) is 0 Å². The maximum Gasteiger partial charge on any atom is 0.319 e. The molecule has 2 heterocycles. The van der Waals surface area contributed by atoms with Crippen molar-refractivity contribution in [1.82, 2.24) is 24.8 Å². The molecule has 2 N–H and O–H groups in total. The number of imidazole rings is 1. The molecule has 0 aliphatic carbocycles. The largest absolute Gasteiger partial charge is 0.336 e. The van der Waals surface area contributed by atoms with Gasteiger partial charge in [0.1, 0.15) is 5.82 Å². The fraction of sp³-hybridized carbons (Fsp3) is 0.125. The molecule has 0 saturated carbocycles. The van der Waals surface area contributed by atoms with Crippen LogP contribution in [0, 0.1) is 5.82 Å². The van der Waals surface area contributed by atoms with Crippen LogP contribution in [0.5, 0.6) is 0 Å². The molecular weight excluding hydrogens is 311 g/mol. The fourth-order valence-corrected chi connectivity index (χ4v) is 2.11. The first kappa shape index (κ1) is 15.6. The first-order valence-electron chi connectivity index (χ1n) is 7.31. The van der Waals surface area contributed by atoms with E-state index in [4.69, 9.17) is 0 Å². The summed E-state index contributed by atoms with van der Waals surface area (Å²) in [5.74, 6) is 0.811. The van der Waals surface area contributed by atoms with Gasteiger partial charge in [-0.05, 0) is 30.3 Å². The number of anilines is 1. The third-order valence-corrected chi connectivity index (χ3v) is 3.22. The lowest BCUT2D eigenvalue weighted by Crippen LogP contribution is -2.31. The molecule has 0 atom stereocenters. The van der Waals surface area contributed by atoms with Crippen LogP contribution in [0.2, 0.25) is 0 Å². The van der Waals surface area contributed by atoms with Gasteiger partial charge in [-0.2, -0.15) is 0 Å². The van der Waals surface area contributed by atoms with Gasteiger partial charge >= 0.3 is 6.03 Å². The van der Waals surface area contributed by atoms with Crippen LogP contribution >= 0.6 is 0 Å². The number of rotatable bonds is 5. The lowest BCUT2D eigenvalue weighted by Gasteiger charge is -2.09. The van der Waals surface area contributed by atoms with Crippen LogP contribution in [0.1, 0.15) is 0 Å². The Morgan fingerprint density at radius 3 is 2.58 bits per heavy atom. The van der Waals surface area contributed by atoms with E-state index in [1.54, 1.807) is 30.9 Å². The number of nitrogens with zero attached hydrogens (tertiary/aromatic N) is 4. The number of hydrogen-bond acceptors (Lipinski definition) is 4. The van der Waals surface area contributed by atoms with Gasteiger partial charge in [-0.25, -0.2) is 24.1 Å². The van der Waals surface area contributed by atoms with Crippen LogP contribution in [0.4, 0.5) is 14.9 Å². The normalized spacial score (nSPS) is 10.4. The highest BCUT2D eigenvalue weighted by atomic mass is 19.1. The number of urea groups is 1. The summed E-state index contributed by atoms with van der Waals surface area (Å²) in [6, 6.07) is 6.93. The van der Waals surface area contributed by atoms with Crippen LogP contribution in [0.15, 0.2) is 55.1 Å². The van der Waals surface area contributed by atoms with Gasteiger partial charge in [0.2, 0.25) is 0 Å². The molecule has 2 aromatic heterocycles. The monoisotopic (exact) mass is 326 g/mol. The minimum Gasteiger partial charge on any atom is -0.336 e. The molecule has 122 valence electrons. The Bertz CT molecular complexity index is 803. The summed E-state index contributed by atoms with van der Waals surface area (Å²) in [7, 11) is 0. The summed E-state index contributed by atoms with van der Waals surface area (Å²) >= 11 is 0. The van der Waals surface area contributed by atoms with E-state index in [9.17, 15) is 9.18 Å². The zero-order chi connectivity index (χ0) is 16.8. The predicted octanol–water partition coefficient (Wildman–Crippen LogP) is 2.30. The first-order valence-corrected chi connectivity index (χ1v) is 7.31. The highest BCUT2D eigenvalue weighted by Crippen LogP contribution is 2.11. The van der Waals surface area contributed by atoms with Crippen molar-refractivity contribution in [2.45, 2.75) is 6.54 Å². The summed E-state index contributed by atoms with van der Waals surface area (Å²) in [4.78, 5) is 24.4. The lowest BCUT2D eigenvalue weighted by atomic mass is 10.3. The fourth-order valence-electron chi connectivity index (χ4n) is 2.11. The topological polar surface area (TPSA) is 84.7 Å². The van der Waals surface area contributed by atoms with Crippen molar-refractivity contribution in [3.63, 3.8) is 0 Å². The number of carbonyl (C=O) groups excluding carboxylic acids is 1. The smallest absolute Gasteiger partial charge is 0.319 e. The number of nitrogens with one attached hydrogen (secondary N) is 2. The second kappa shape index (κ2) is 7.32. The van der Waals surface area contributed by atoms with Gasteiger partial charge in [-0.1, -0.05) is 0 Å². The van der Waals surface area contributed by atoms with Gasteiger partial charge in [0.05, 0.1) is 0 Å². The molecule has 0 fully saturated rings. The molecule has 0 saturated heterocycles. The molecule has 8 heteroatoms. The SMILES string of the molecule is O=C(NCCn1ccnc1-c1ncccn1)Nc1ccc(F)cc1. The van der Waals surface area contributed by atoms with Crippen molar-refractivity contribution >= 4 is 11.7 Å². The molecule has 2 amide bonds. The zero-order valence-corrected chi connectivity index (χ0v) is 12.7. The lowest BCUT2D eigenvalue weighted by molar-refractivity contribution is 0.251. The van der Waals surface area contributed by atoms with Crippen molar-refractivity contribution in [3.05, 3.63) is 60.9 Å². The second-order valence-corrected chi connectivity index (χ2v) is 4.90. The highest BCUT2D eigenvalue weighted by molar-refractivity contribution is 5.89. The number of amides is 2. The number of carbonyl (C=O) groups is 1. The van der Waals surface area contributed by atoms with Gasteiger partial charge in [-0.15, -0.1) is 0 Å². The van der Waals surface area contributed by atoms with Gasteiger partial charge in [0.25, 0.3) is 0 Å². The molecule has 7 nitrogen and oxygen atoms in total. The third-order valence-electron chi connectivity index (χ3n) is 3.22. The third kappa shape index (κ3) is 3.92. The Hall–Kier alpha value is -3.29. The van der Waals surface area contributed by atoms with E-state index in [0.29, 0.717) is 30.4 Å². The van der Waals surface area contributed by atoms with Crippen molar-refractivity contribution < 1.29 is 9.18 Å². The standard InChI is InChI=1S/C16H15FN6O/c17-12-2-4-13(5-3-12)22-16(24)21-9-11-23-10-8-20-15(23)14-18-6-1-7-19-14/h1-8,10H,9,11H2,(H2,21,22,24). The van der Waals surface area contributed by atoms with Gasteiger partial charge < -0.3 is 15.2 Å². The average molecular weight is 326 g/mol. The average Bonchev–Trinajstić information content (AvgIpc) is 3.06. The first-order chi connectivity index (χ1) is 11.7. The van der Waals surface area contributed by atoms with E-state index in [2.05, 4.69) is 25.6 Å². The van der Waals surface area contributed by atoms with E-state index in [1.165, 1.54) is 24.3 Å². The van der Waals surface area contributed by atoms with Crippen molar-refractivity contribution in [2.75, 3.05) is 11.9 Å². The summed E-state index contributed by atoms with van der Waals surface area (Å²) < 4.78 is 14.7. The minimum absolute atomic E-state index is 0.350. The van der Waals surface area contributed by atoms with Crippen LogP contribution in [-0.4, -0.2) is 32.1 Å². The van der Waals surface area contributed by atoms with E-state index >= 15 is 0 Å². The van der Waals surface area contributed by atoms with Crippen molar-refractivity contribution in [1.29, 1.82) is 0 Å². The summed E-state index contributed by atoms with van der Waals surface area (Å²) in [6.45, 7) is 0.910. The Balaban J connectivity index is 1.53. The molecule has 0 bridgehead atoms. The molecular formula is C16H15FN6O. The summed E-state index contributed by atoms with van der Waals surface area (Å²) in [5.41, 5.74) is 0.523. The molecule has 0 unspecified atom stereocenters. The quantitative estimate of drug-likeness (QED) is 0.753. The molecule has 1 aromatic carbocycles. The van der Waals surface area contributed by atoms with Crippen molar-refractivity contribution in [2.24, 2.45) is 0 Å². The summed E-state index contributed by atoms with van der Waals surface area (Å²) in [6.07, 6.45) is 6.75. The van der Waals surface area contributed by atoms with E-state index in [0.717, 1.165) is 0 Å². The Kier molecular flexibility index (Phi) is 4.76. The number of benzene rings is 1. The molecule has 0 radical (unpaired) electrons. The van der Waals surface area contributed by atoms with E-state index in [-0.39, 0.29) is 11.8 Å². The molecule has 24 heavy (non-hydrogen) atoms. The molecule has 0 aliphatic heterocycles. The van der Waals surface area contributed by atoms with Crippen LogP contribution in [0.25, 0.3) is 11.6 Å². The Morgan fingerprint density at radius 1 is 1.08 bits per heavy atom. The molecule has 3 rings (SSSR count). The molecule has 0 aliphatic rings. The van der Waals surface area contributed by atoms with Crippen LogP contribution < -0.4 is 10.6 Å². The predicted molar refractivity (Wildman–Crippen MR) is 86.7 cm³/mol. The Labute approximate surface area is 137 Å². The highest BCUT2D eigenvalue weighted by Gasteiger charge is 2.08.